The molecule has 1 unspecified atom stereocenters. The number of ether oxygens (including phenoxy) is 1. The highest BCUT2D eigenvalue weighted by Crippen LogP contribution is 2.28. The van der Waals surface area contributed by atoms with Crippen molar-refractivity contribution in [3.8, 4) is 5.75 Å². The third kappa shape index (κ3) is 3.78. The van der Waals surface area contributed by atoms with Crippen LogP contribution < -0.4 is 4.74 Å². The Kier molecular flexibility index (Phi) is 5.18. The molecule has 2 aromatic rings. The third-order valence-electron chi connectivity index (χ3n) is 4.66. The predicted octanol–water partition coefficient (Wildman–Crippen LogP) is 3.08. The van der Waals surface area contributed by atoms with Crippen LogP contribution in [0.15, 0.2) is 42.7 Å². The number of para-hydroxylation sites is 1. The minimum Gasteiger partial charge on any atom is -0.481 e. The fourth-order valence-electron chi connectivity index (χ4n) is 3.21. The number of aromatic nitrogens is 2. The Morgan fingerprint density at radius 1 is 1.29 bits per heavy atom. The Morgan fingerprint density at radius 3 is 2.62 bits per heavy atom. The van der Waals surface area contributed by atoms with E-state index in [1.165, 1.54) is 5.56 Å². The van der Waals surface area contributed by atoms with Crippen molar-refractivity contribution < 1.29 is 9.53 Å². The van der Waals surface area contributed by atoms with Gasteiger partial charge in [-0.3, -0.25) is 9.48 Å². The fraction of sp³-hybridized carbons (Fsp3) is 0.474. The number of carbonyl (C=O) groups excluding carboxylic acids is 1. The summed E-state index contributed by atoms with van der Waals surface area (Å²) in [4.78, 5) is 14.5. The summed E-state index contributed by atoms with van der Waals surface area (Å²) in [5, 5.41) is 4.36. The molecule has 0 saturated carbocycles. The molecule has 0 spiro atoms. The molecule has 24 heavy (non-hydrogen) atoms. The molecule has 1 aromatic heterocycles. The summed E-state index contributed by atoms with van der Waals surface area (Å²) in [5.41, 5.74) is 1.29. The van der Waals surface area contributed by atoms with E-state index in [0.29, 0.717) is 5.92 Å². The van der Waals surface area contributed by atoms with Crippen LogP contribution >= 0.6 is 0 Å². The lowest BCUT2D eigenvalue weighted by Crippen LogP contribution is -2.44. The van der Waals surface area contributed by atoms with Gasteiger partial charge in [-0.1, -0.05) is 18.2 Å². The zero-order valence-corrected chi connectivity index (χ0v) is 14.4. The molecular weight excluding hydrogens is 302 g/mol. The number of piperidine rings is 1. The SMILES string of the molecule is CCn1cc(C2CCN(C(=O)C(C)Oc3ccccc3)CC2)cn1. The standard InChI is InChI=1S/C19H25N3O2/c1-3-22-14-17(13-20-22)16-9-11-21(12-10-16)19(23)15(2)24-18-7-5-4-6-8-18/h4-8,13-16H,3,9-12H2,1-2H3. The molecule has 0 aliphatic carbocycles. The highest BCUT2D eigenvalue weighted by molar-refractivity contribution is 5.81. The van der Waals surface area contributed by atoms with Crippen LogP contribution in [0.2, 0.25) is 0 Å². The molecule has 1 atom stereocenters. The van der Waals surface area contributed by atoms with Crippen LogP contribution in [-0.4, -0.2) is 39.8 Å². The molecule has 1 saturated heterocycles. The number of likely N-dealkylation sites (tertiary alicyclic amines) is 1. The summed E-state index contributed by atoms with van der Waals surface area (Å²) in [7, 11) is 0. The zero-order chi connectivity index (χ0) is 16.9. The van der Waals surface area contributed by atoms with Crippen molar-refractivity contribution in [3.63, 3.8) is 0 Å². The Balaban J connectivity index is 1.53. The van der Waals surface area contributed by atoms with Crippen molar-refractivity contribution in [2.45, 2.75) is 45.3 Å². The van der Waals surface area contributed by atoms with E-state index in [-0.39, 0.29) is 5.91 Å². The number of hydrogen-bond acceptors (Lipinski definition) is 3. The normalized spacial score (nSPS) is 16.8. The van der Waals surface area contributed by atoms with Crippen molar-refractivity contribution in [3.05, 3.63) is 48.3 Å². The molecule has 0 radical (unpaired) electrons. The molecule has 128 valence electrons. The van der Waals surface area contributed by atoms with Crippen LogP contribution in [0.5, 0.6) is 5.75 Å². The largest absolute Gasteiger partial charge is 0.481 e. The average molecular weight is 327 g/mol. The average Bonchev–Trinajstić information content (AvgIpc) is 3.11. The van der Waals surface area contributed by atoms with Gasteiger partial charge in [0.05, 0.1) is 6.20 Å². The van der Waals surface area contributed by atoms with Gasteiger partial charge < -0.3 is 9.64 Å². The van der Waals surface area contributed by atoms with Crippen LogP contribution in [0.4, 0.5) is 0 Å². The number of aryl methyl sites for hydroxylation is 1. The number of benzene rings is 1. The molecule has 3 rings (SSSR count). The van der Waals surface area contributed by atoms with Crippen LogP contribution in [0.3, 0.4) is 0 Å². The van der Waals surface area contributed by atoms with Crippen molar-refractivity contribution >= 4 is 5.91 Å². The summed E-state index contributed by atoms with van der Waals surface area (Å²) in [6, 6.07) is 9.51. The van der Waals surface area contributed by atoms with Crippen molar-refractivity contribution in [2.75, 3.05) is 13.1 Å². The lowest BCUT2D eigenvalue weighted by atomic mass is 9.91. The van der Waals surface area contributed by atoms with E-state index in [0.717, 1.165) is 38.2 Å². The summed E-state index contributed by atoms with van der Waals surface area (Å²) in [6.07, 6.45) is 5.61. The monoisotopic (exact) mass is 327 g/mol. The third-order valence-corrected chi connectivity index (χ3v) is 4.66. The molecule has 1 amide bonds. The van der Waals surface area contributed by atoms with E-state index in [1.54, 1.807) is 0 Å². The minimum absolute atomic E-state index is 0.0709. The van der Waals surface area contributed by atoms with Gasteiger partial charge in [0.25, 0.3) is 5.91 Å². The topological polar surface area (TPSA) is 47.4 Å². The van der Waals surface area contributed by atoms with Gasteiger partial charge in [0, 0.05) is 25.8 Å². The van der Waals surface area contributed by atoms with Gasteiger partial charge in [-0.25, -0.2) is 0 Å². The first-order valence-corrected chi connectivity index (χ1v) is 8.70. The maximum atomic E-state index is 12.6. The van der Waals surface area contributed by atoms with Gasteiger partial charge in [0.1, 0.15) is 5.75 Å². The molecule has 1 aliphatic rings. The number of amides is 1. The first-order valence-electron chi connectivity index (χ1n) is 8.70. The lowest BCUT2D eigenvalue weighted by Gasteiger charge is -2.33. The summed E-state index contributed by atoms with van der Waals surface area (Å²) in [6.45, 7) is 6.37. The van der Waals surface area contributed by atoms with Crippen LogP contribution in [0, 0.1) is 0 Å². The van der Waals surface area contributed by atoms with Gasteiger partial charge in [0.2, 0.25) is 0 Å². The summed E-state index contributed by atoms with van der Waals surface area (Å²) < 4.78 is 7.72. The maximum absolute atomic E-state index is 12.6. The van der Waals surface area contributed by atoms with Gasteiger partial charge in [0.15, 0.2) is 6.10 Å². The highest BCUT2D eigenvalue weighted by Gasteiger charge is 2.28. The Labute approximate surface area is 143 Å². The van der Waals surface area contributed by atoms with Crippen molar-refractivity contribution in [2.24, 2.45) is 0 Å². The first kappa shape index (κ1) is 16.6. The van der Waals surface area contributed by atoms with E-state index in [1.807, 2.05) is 53.0 Å². The van der Waals surface area contributed by atoms with Crippen LogP contribution in [-0.2, 0) is 11.3 Å². The number of nitrogens with zero attached hydrogens (tertiary/aromatic N) is 3. The molecule has 1 aromatic carbocycles. The van der Waals surface area contributed by atoms with E-state index >= 15 is 0 Å². The van der Waals surface area contributed by atoms with E-state index < -0.39 is 6.10 Å². The molecule has 5 heteroatoms. The zero-order valence-electron chi connectivity index (χ0n) is 14.4. The maximum Gasteiger partial charge on any atom is 0.263 e. The van der Waals surface area contributed by atoms with Crippen LogP contribution in [0.25, 0.3) is 0 Å². The summed E-state index contributed by atoms with van der Waals surface area (Å²) >= 11 is 0. The molecule has 0 N–H and O–H groups in total. The van der Waals surface area contributed by atoms with E-state index in [4.69, 9.17) is 4.74 Å². The Hall–Kier alpha value is -2.30. The first-order chi connectivity index (χ1) is 11.7. The quantitative estimate of drug-likeness (QED) is 0.848. The van der Waals surface area contributed by atoms with E-state index in [2.05, 4.69) is 18.2 Å². The number of carbonyl (C=O) groups is 1. The van der Waals surface area contributed by atoms with E-state index in [9.17, 15) is 4.79 Å². The van der Waals surface area contributed by atoms with Gasteiger partial charge in [-0.15, -0.1) is 0 Å². The smallest absolute Gasteiger partial charge is 0.263 e. The van der Waals surface area contributed by atoms with Crippen LogP contribution in [0.1, 0.15) is 38.2 Å². The molecule has 1 aliphatic heterocycles. The van der Waals surface area contributed by atoms with Gasteiger partial charge >= 0.3 is 0 Å². The molecule has 2 heterocycles. The predicted molar refractivity (Wildman–Crippen MR) is 93.0 cm³/mol. The van der Waals surface area contributed by atoms with Crippen molar-refractivity contribution in [1.29, 1.82) is 0 Å². The molecule has 5 nitrogen and oxygen atoms in total. The van der Waals surface area contributed by atoms with Crippen molar-refractivity contribution in [1.82, 2.24) is 14.7 Å². The second-order valence-corrected chi connectivity index (χ2v) is 6.30. The second-order valence-electron chi connectivity index (χ2n) is 6.30. The summed E-state index contributed by atoms with van der Waals surface area (Å²) in [5.74, 6) is 1.31. The Morgan fingerprint density at radius 2 is 2.00 bits per heavy atom. The van der Waals surface area contributed by atoms with Gasteiger partial charge in [-0.2, -0.15) is 5.10 Å². The molecule has 0 bridgehead atoms. The number of rotatable bonds is 5. The molecule has 1 fully saturated rings. The Bertz CT molecular complexity index is 660. The number of hydrogen-bond donors (Lipinski definition) is 0. The second kappa shape index (κ2) is 7.51. The fourth-order valence-corrected chi connectivity index (χ4v) is 3.21. The minimum atomic E-state index is -0.452. The molecular formula is C19H25N3O2. The lowest BCUT2D eigenvalue weighted by molar-refractivity contribution is -0.139. The highest BCUT2D eigenvalue weighted by atomic mass is 16.5. The van der Waals surface area contributed by atoms with Gasteiger partial charge in [-0.05, 0) is 50.3 Å².